The second-order valence-electron chi connectivity index (χ2n) is 4.30. The van der Waals surface area contributed by atoms with Crippen LogP contribution in [0.15, 0.2) is 35.2 Å². The summed E-state index contributed by atoms with van der Waals surface area (Å²) in [7, 11) is 0. The molecule has 0 saturated heterocycles. The fourth-order valence-electron chi connectivity index (χ4n) is 2.12. The fourth-order valence-corrected chi connectivity index (χ4v) is 3.61. The predicted molar refractivity (Wildman–Crippen MR) is 73.9 cm³/mol. The maximum atomic E-state index is 6.01. The van der Waals surface area contributed by atoms with E-state index >= 15 is 0 Å². The van der Waals surface area contributed by atoms with Crippen molar-refractivity contribution in [1.29, 1.82) is 0 Å². The van der Waals surface area contributed by atoms with Crippen molar-refractivity contribution in [3.05, 3.63) is 30.3 Å². The third-order valence-corrected chi connectivity index (χ3v) is 4.38. The van der Waals surface area contributed by atoms with Gasteiger partial charge in [0.2, 0.25) is 0 Å². The molecule has 16 heavy (non-hydrogen) atoms. The Morgan fingerprint density at radius 2 is 1.62 bits per heavy atom. The number of hydrogen-bond acceptors (Lipinski definition) is 2. The summed E-state index contributed by atoms with van der Waals surface area (Å²) < 4.78 is 0.241. The minimum atomic E-state index is 0.241. The highest BCUT2D eigenvalue weighted by Gasteiger charge is 2.27. The standard InChI is InChI=1S/C14H23NS/c1-3-10-14(12-15,11-4-2)16-13-8-6-5-7-9-13/h5-9H,3-4,10-12,15H2,1-2H3. The van der Waals surface area contributed by atoms with E-state index in [9.17, 15) is 0 Å². The molecular weight excluding hydrogens is 214 g/mol. The molecule has 0 amide bonds. The molecule has 0 spiro atoms. The molecule has 2 heteroatoms. The zero-order chi connectivity index (χ0) is 11.9. The number of benzene rings is 1. The Bertz CT molecular complexity index is 278. The number of hydrogen-bond donors (Lipinski definition) is 1. The van der Waals surface area contributed by atoms with Crippen LogP contribution in [-0.4, -0.2) is 11.3 Å². The van der Waals surface area contributed by atoms with Crippen LogP contribution in [-0.2, 0) is 0 Å². The summed E-state index contributed by atoms with van der Waals surface area (Å²) in [5, 5.41) is 0. The minimum Gasteiger partial charge on any atom is -0.329 e. The first-order chi connectivity index (χ1) is 7.76. The quantitative estimate of drug-likeness (QED) is 0.723. The van der Waals surface area contributed by atoms with Crippen molar-refractivity contribution in [3.8, 4) is 0 Å². The first kappa shape index (κ1) is 13.6. The zero-order valence-corrected chi connectivity index (χ0v) is 11.2. The van der Waals surface area contributed by atoms with Crippen molar-refractivity contribution in [2.24, 2.45) is 5.73 Å². The van der Waals surface area contributed by atoms with Crippen molar-refractivity contribution in [2.45, 2.75) is 49.2 Å². The number of rotatable bonds is 7. The smallest absolute Gasteiger partial charge is 0.0329 e. The lowest BCUT2D eigenvalue weighted by molar-refractivity contribution is 0.498. The molecular formula is C14H23NS. The Kier molecular flexibility index (Phi) is 5.93. The van der Waals surface area contributed by atoms with Gasteiger partial charge in [-0.15, -0.1) is 11.8 Å². The SMILES string of the molecule is CCCC(CN)(CCC)Sc1ccccc1. The van der Waals surface area contributed by atoms with Gasteiger partial charge in [0.25, 0.3) is 0 Å². The van der Waals surface area contributed by atoms with Crippen molar-refractivity contribution < 1.29 is 0 Å². The summed E-state index contributed by atoms with van der Waals surface area (Å²) in [6, 6.07) is 10.6. The molecule has 1 rings (SSSR count). The number of nitrogens with two attached hydrogens (primary N) is 1. The molecule has 0 fully saturated rings. The molecule has 0 radical (unpaired) electrons. The summed E-state index contributed by atoms with van der Waals surface area (Å²) >= 11 is 1.96. The second kappa shape index (κ2) is 6.97. The molecule has 1 aromatic rings. The van der Waals surface area contributed by atoms with Crippen LogP contribution in [0.2, 0.25) is 0 Å². The van der Waals surface area contributed by atoms with Crippen molar-refractivity contribution >= 4 is 11.8 Å². The van der Waals surface area contributed by atoms with E-state index in [1.807, 2.05) is 11.8 Å². The summed E-state index contributed by atoms with van der Waals surface area (Å²) in [6.07, 6.45) is 4.82. The normalized spacial score (nSPS) is 11.7. The van der Waals surface area contributed by atoms with Crippen molar-refractivity contribution in [2.75, 3.05) is 6.54 Å². The average Bonchev–Trinajstić information content (AvgIpc) is 2.31. The number of thioether (sulfide) groups is 1. The molecule has 2 N–H and O–H groups in total. The maximum absolute atomic E-state index is 6.01. The lowest BCUT2D eigenvalue weighted by Crippen LogP contribution is -2.34. The van der Waals surface area contributed by atoms with Crippen LogP contribution in [0, 0.1) is 0 Å². The molecule has 0 aliphatic carbocycles. The highest BCUT2D eigenvalue weighted by molar-refractivity contribution is 8.00. The molecule has 0 unspecified atom stereocenters. The Labute approximate surface area is 104 Å². The van der Waals surface area contributed by atoms with Crippen LogP contribution < -0.4 is 5.73 Å². The van der Waals surface area contributed by atoms with Crippen molar-refractivity contribution in [1.82, 2.24) is 0 Å². The van der Waals surface area contributed by atoms with Crippen LogP contribution >= 0.6 is 11.8 Å². The van der Waals surface area contributed by atoms with Gasteiger partial charge in [-0.1, -0.05) is 44.9 Å². The van der Waals surface area contributed by atoms with Crippen LogP contribution in [0.25, 0.3) is 0 Å². The largest absolute Gasteiger partial charge is 0.329 e. The average molecular weight is 237 g/mol. The van der Waals surface area contributed by atoms with Crippen LogP contribution in [0.5, 0.6) is 0 Å². The second-order valence-corrected chi connectivity index (χ2v) is 5.84. The van der Waals surface area contributed by atoms with Gasteiger partial charge in [0.1, 0.15) is 0 Å². The summed E-state index contributed by atoms with van der Waals surface area (Å²) in [5.74, 6) is 0. The third kappa shape index (κ3) is 3.84. The van der Waals surface area contributed by atoms with E-state index in [0.717, 1.165) is 6.54 Å². The minimum absolute atomic E-state index is 0.241. The first-order valence-corrected chi connectivity index (χ1v) is 7.02. The van der Waals surface area contributed by atoms with Gasteiger partial charge in [-0.05, 0) is 25.0 Å². The molecule has 90 valence electrons. The van der Waals surface area contributed by atoms with E-state index in [2.05, 4.69) is 44.2 Å². The Morgan fingerprint density at radius 3 is 2.06 bits per heavy atom. The monoisotopic (exact) mass is 237 g/mol. The molecule has 0 aliphatic rings. The van der Waals surface area contributed by atoms with E-state index in [1.54, 1.807) is 0 Å². The van der Waals surface area contributed by atoms with Gasteiger partial charge in [0.05, 0.1) is 0 Å². The van der Waals surface area contributed by atoms with Gasteiger partial charge in [-0.2, -0.15) is 0 Å². The topological polar surface area (TPSA) is 26.0 Å². The van der Waals surface area contributed by atoms with E-state index in [0.29, 0.717) is 0 Å². The Morgan fingerprint density at radius 1 is 1.06 bits per heavy atom. The van der Waals surface area contributed by atoms with Crippen LogP contribution in [0.3, 0.4) is 0 Å². The van der Waals surface area contributed by atoms with Crippen LogP contribution in [0.1, 0.15) is 39.5 Å². The highest BCUT2D eigenvalue weighted by Crippen LogP contribution is 2.39. The molecule has 0 atom stereocenters. The van der Waals surface area contributed by atoms with Gasteiger partial charge < -0.3 is 5.73 Å². The predicted octanol–water partition coefficient (Wildman–Crippen LogP) is 4.08. The first-order valence-electron chi connectivity index (χ1n) is 6.20. The molecule has 0 bridgehead atoms. The molecule has 1 aromatic carbocycles. The van der Waals surface area contributed by atoms with E-state index in [4.69, 9.17) is 5.73 Å². The molecule has 0 aliphatic heterocycles. The van der Waals surface area contributed by atoms with Crippen LogP contribution in [0.4, 0.5) is 0 Å². The van der Waals surface area contributed by atoms with Gasteiger partial charge in [0, 0.05) is 16.2 Å². The molecule has 0 saturated carbocycles. The third-order valence-electron chi connectivity index (χ3n) is 2.86. The van der Waals surface area contributed by atoms with Gasteiger partial charge in [0.15, 0.2) is 0 Å². The van der Waals surface area contributed by atoms with Gasteiger partial charge in [-0.25, -0.2) is 0 Å². The lowest BCUT2D eigenvalue weighted by Gasteiger charge is -2.31. The Hall–Kier alpha value is -0.470. The molecule has 0 aromatic heterocycles. The molecule has 0 heterocycles. The van der Waals surface area contributed by atoms with Gasteiger partial charge in [-0.3, -0.25) is 0 Å². The van der Waals surface area contributed by atoms with Crippen molar-refractivity contribution in [3.63, 3.8) is 0 Å². The van der Waals surface area contributed by atoms with E-state index in [1.165, 1.54) is 30.6 Å². The molecule has 1 nitrogen and oxygen atoms in total. The summed E-state index contributed by atoms with van der Waals surface area (Å²) in [5.41, 5.74) is 6.01. The zero-order valence-electron chi connectivity index (χ0n) is 10.4. The van der Waals surface area contributed by atoms with E-state index < -0.39 is 0 Å². The summed E-state index contributed by atoms with van der Waals surface area (Å²) in [6.45, 7) is 5.26. The highest BCUT2D eigenvalue weighted by atomic mass is 32.2. The maximum Gasteiger partial charge on any atom is 0.0329 e. The fraction of sp³-hybridized carbons (Fsp3) is 0.571. The van der Waals surface area contributed by atoms with E-state index in [-0.39, 0.29) is 4.75 Å². The van der Waals surface area contributed by atoms with Gasteiger partial charge >= 0.3 is 0 Å². The Balaban J connectivity index is 2.76. The summed E-state index contributed by atoms with van der Waals surface area (Å²) in [4.78, 5) is 1.34. The lowest BCUT2D eigenvalue weighted by atomic mass is 9.97.